The van der Waals surface area contributed by atoms with E-state index in [0.29, 0.717) is 11.3 Å². The van der Waals surface area contributed by atoms with Crippen LogP contribution in [0.5, 0.6) is 5.75 Å². The molecule has 5 nitrogen and oxygen atoms in total. The number of nitrogens with zero attached hydrogens (tertiary/aromatic N) is 1. The van der Waals surface area contributed by atoms with Crippen molar-refractivity contribution < 1.29 is 14.6 Å². The Morgan fingerprint density at radius 2 is 2.17 bits per heavy atom. The van der Waals surface area contributed by atoms with Gasteiger partial charge in [-0.2, -0.15) is 0 Å². The number of amides is 1. The molecule has 5 heteroatoms. The molecule has 0 saturated carbocycles. The van der Waals surface area contributed by atoms with Gasteiger partial charge >= 0.3 is 0 Å². The number of fused-ring (bicyclic) bond motifs is 1. The summed E-state index contributed by atoms with van der Waals surface area (Å²) in [5.74, 6) is 0.403. The minimum atomic E-state index is -0.726. The molecule has 2 aromatic carbocycles. The largest absolute Gasteiger partial charge is 0.497 e. The molecule has 1 heterocycles. The van der Waals surface area contributed by atoms with Gasteiger partial charge in [0.1, 0.15) is 5.75 Å². The zero-order valence-corrected chi connectivity index (χ0v) is 14.0. The number of benzene rings is 2. The fourth-order valence-electron chi connectivity index (χ4n) is 2.97. The number of aliphatic hydroxyl groups excluding tert-OH is 1. The van der Waals surface area contributed by atoms with Gasteiger partial charge in [-0.15, -0.1) is 0 Å². The van der Waals surface area contributed by atoms with Crippen molar-refractivity contribution in [2.75, 3.05) is 32.1 Å². The van der Waals surface area contributed by atoms with E-state index in [9.17, 15) is 9.90 Å². The van der Waals surface area contributed by atoms with Crippen LogP contribution in [-0.4, -0.2) is 38.3 Å². The van der Waals surface area contributed by atoms with Crippen LogP contribution in [-0.2, 0) is 6.42 Å². The molecular formula is C19H22N2O3. The van der Waals surface area contributed by atoms with E-state index < -0.39 is 6.10 Å². The highest BCUT2D eigenvalue weighted by atomic mass is 16.5. The van der Waals surface area contributed by atoms with Gasteiger partial charge < -0.3 is 20.1 Å². The summed E-state index contributed by atoms with van der Waals surface area (Å²) in [4.78, 5) is 14.4. The lowest BCUT2D eigenvalue weighted by molar-refractivity contribution is 0.0916. The lowest BCUT2D eigenvalue weighted by atomic mass is 10.0. The summed E-state index contributed by atoms with van der Waals surface area (Å²) in [6.45, 7) is 1.17. The van der Waals surface area contributed by atoms with E-state index in [4.69, 9.17) is 4.74 Å². The summed E-state index contributed by atoms with van der Waals surface area (Å²) in [7, 11) is 3.63. The first kappa shape index (κ1) is 16.3. The third-order valence-corrected chi connectivity index (χ3v) is 4.40. The third kappa shape index (κ3) is 3.36. The molecular weight excluding hydrogens is 304 g/mol. The van der Waals surface area contributed by atoms with E-state index in [1.807, 2.05) is 18.2 Å². The second-order valence-electron chi connectivity index (χ2n) is 6.02. The zero-order chi connectivity index (χ0) is 17.1. The number of anilines is 1. The van der Waals surface area contributed by atoms with E-state index in [0.717, 1.165) is 18.5 Å². The Morgan fingerprint density at radius 3 is 2.96 bits per heavy atom. The molecule has 0 saturated heterocycles. The fourth-order valence-corrected chi connectivity index (χ4v) is 2.97. The van der Waals surface area contributed by atoms with Crippen molar-refractivity contribution in [3.05, 3.63) is 59.2 Å². The molecule has 2 aromatic rings. The number of carbonyl (C=O) groups excluding carboxylic acids is 1. The van der Waals surface area contributed by atoms with Crippen molar-refractivity contribution in [1.29, 1.82) is 0 Å². The molecule has 0 radical (unpaired) electrons. The number of hydrogen-bond acceptors (Lipinski definition) is 4. The predicted octanol–water partition coefficient (Wildman–Crippen LogP) is 2.15. The Bertz CT molecular complexity index is 745. The Labute approximate surface area is 141 Å². The Hall–Kier alpha value is -2.53. The summed E-state index contributed by atoms with van der Waals surface area (Å²) in [5, 5.41) is 13.1. The highest BCUT2D eigenvalue weighted by Gasteiger charge is 2.18. The minimum absolute atomic E-state index is 0.171. The van der Waals surface area contributed by atoms with Crippen LogP contribution in [0.25, 0.3) is 0 Å². The Balaban J connectivity index is 1.63. The lowest BCUT2D eigenvalue weighted by Crippen LogP contribution is -2.28. The molecule has 24 heavy (non-hydrogen) atoms. The van der Waals surface area contributed by atoms with Gasteiger partial charge in [-0.05, 0) is 41.8 Å². The van der Waals surface area contributed by atoms with E-state index in [1.165, 1.54) is 11.3 Å². The number of hydrogen-bond donors (Lipinski definition) is 2. The molecule has 3 rings (SSSR count). The third-order valence-electron chi connectivity index (χ3n) is 4.40. The second-order valence-corrected chi connectivity index (χ2v) is 6.02. The molecule has 2 N–H and O–H groups in total. The van der Waals surface area contributed by atoms with Crippen molar-refractivity contribution >= 4 is 11.6 Å². The van der Waals surface area contributed by atoms with Crippen LogP contribution in [0.1, 0.15) is 27.6 Å². The number of nitrogens with one attached hydrogen (secondary N) is 1. The van der Waals surface area contributed by atoms with Crippen LogP contribution in [0.3, 0.4) is 0 Å². The van der Waals surface area contributed by atoms with Crippen molar-refractivity contribution in [1.82, 2.24) is 5.32 Å². The average molecular weight is 326 g/mol. The first-order valence-corrected chi connectivity index (χ1v) is 8.03. The van der Waals surface area contributed by atoms with Crippen LogP contribution in [0.2, 0.25) is 0 Å². The summed E-state index contributed by atoms with van der Waals surface area (Å²) >= 11 is 0. The number of rotatable bonds is 5. The quantitative estimate of drug-likeness (QED) is 0.884. The maximum atomic E-state index is 12.2. The van der Waals surface area contributed by atoms with Crippen LogP contribution >= 0.6 is 0 Å². The molecule has 1 amide bonds. The Morgan fingerprint density at radius 1 is 1.33 bits per heavy atom. The molecule has 1 unspecified atom stereocenters. The van der Waals surface area contributed by atoms with E-state index >= 15 is 0 Å². The first-order valence-electron chi connectivity index (χ1n) is 8.03. The van der Waals surface area contributed by atoms with E-state index in [-0.39, 0.29) is 12.5 Å². The minimum Gasteiger partial charge on any atom is -0.497 e. The van der Waals surface area contributed by atoms with Crippen molar-refractivity contribution in [2.24, 2.45) is 0 Å². The molecule has 1 aliphatic rings. The second kappa shape index (κ2) is 6.93. The van der Waals surface area contributed by atoms with Gasteiger partial charge in [0.2, 0.25) is 0 Å². The van der Waals surface area contributed by atoms with Crippen molar-refractivity contribution in [3.8, 4) is 5.75 Å². The normalized spacial score (nSPS) is 14.2. The van der Waals surface area contributed by atoms with Crippen LogP contribution in [0, 0.1) is 0 Å². The van der Waals surface area contributed by atoms with Crippen LogP contribution in [0.15, 0.2) is 42.5 Å². The average Bonchev–Trinajstić information content (AvgIpc) is 2.99. The van der Waals surface area contributed by atoms with Gasteiger partial charge in [-0.25, -0.2) is 0 Å². The number of methoxy groups -OCH3 is 1. The molecule has 0 spiro atoms. The molecule has 126 valence electrons. The van der Waals surface area contributed by atoms with Crippen LogP contribution < -0.4 is 15.0 Å². The molecule has 0 fully saturated rings. The molecule has 0 aliphatic carbocycles. The highest BCUT2D eigenvalue weighted by Crippen LogP contribution is 2.29. The number of ether oxygens (including phenoxy) is 1. The smallest absolute Gasteiger partial charge is 0.251 e. The standard InChI is InChI=1S/C19H22N2O3/c1-21-9-8-13-10-14(6-7-17(13)21)18(22)12-20-19(23)15-4-3-5-16(11-15)24-2/h3-7,10-11,18,22H,8-9,12H2,1-2H3,(H,20,23). The fraction of sp³-hybridized carbons (Fsp3) is 0.316. The molecule has 0 aromatic heterocycles. The van der Waals surface area contributed by atoms with Gasteiger partial charge in [0.25, 0.3) is 5.91 Å². The van der Waals surface area contributed by atoms with Gasteiger partial charge in [0.15, 0.2) is 0 Å². The van der Waals surface area contributed by atoms with E-state index in [2.05, 4.69) is 17.3 Å². The summed E-state index contributed by atoms with van der Waals surface area (Å²) in [6, 6.07) is 12.9. The van der Waals surface area contributed by atoms with Gasteiger partial charge in [-0.3, -0.25) is 4.79 Å². The van der Waals surface area contributed by atoms with Gasteiger partial charge in [0, 0.05) is 31.4 Å². The maximum Gasteiger partial charge on any atom is 0.251 e. The highest BCUT2D eigenvalue weighted by molar-refractivity contribution is 5.94. The van der Waals surface area contributed by atoms with E-state index in [1.54, 1.807) is 31.4 Å². The topological polar surface area (TPSA) is 61.8 Å². The summed E-state index contributed by atoms with van der Waals surface area (Å²) in [5.41, 5.74) is 3.80. The predicted molar refractivity (Wildman–Crippen MR) is 93.7 cm³/mol. The maximum absolute atomic E-state index is 12.2. The summed E-state index contributed by atoms with van der Waals surface area (Å²) in [6.07, 6.45) is 0.263. The number of likely N-dealkylation sites (N-methyl/N-ethyl adjacent to an activating group) is 1. The molecule has 1 atom stereocenters. The SMILES string of the molecule is COc1cccc(C(=O)NCC(O)c2ccc3c(c2)CCN3C)c1. The van der Waals surface area contributed by atoms with Crippen molar-refractivity contribution in [2.45, 2.75) is 12.5 Å². The zero-order valence-electron chi connectivity index (χ0n) is 14.0. The first-order chi connectivity index (χ1) is 11.6. The summed E-state index contributed by atoms with van der Waals surface area (Å²) < 4.78 is 5.12. The van der Waals surface area contributed by atoms with Crippen molar-refractivity contribution in [3.63, 3.8) is 0 Å². The number of aliphatic hydroxyl groups is 1. The molecule has 0 bridgehead atoms. The van der Waals surface area contributed by atoms with Crippen LogP contribution in [0.4, 0.5) is 5.69 Å². The van der Waals surface area contributed by atoms with Gasteiger partial charge in [-0.1, -0.05) is 18.2 Å². The Kier molecular flexibility index (Phi) is 4.71. The monoisotopic (exact) mass is 326 g/mol. The van der Waals surface area contributed by atoms with Gasteiger partial charge in [0.05, 0.1) is 13.2 Å². The molecule has 1 aliphatic heterocycles. The number of carbonyl (C=O) groups is 1. The lowest BCUT2D eigenvalue weighted by Gasteiger charge is -2.15.